The van der Waals surface area contributed by atoms with Crippen LogP contribution in [0.4, 0.5) is 0 Å². The molecule has 1 heterocycles. The molecule has 0 atom stereocenters. The number of ether oxygens (including phenoxy) is 1. The molecule has 2 bridgehead atoms. The Morgan fingerprint density at radius 1 is 1.25 bits per heavy atom. The molecule has 2 aliphatic carbocycles. The number of fused-ring (bicyclic) bond motifs is 2. The van der Waals surface area contributed by atoms with Gasteiger partial charge in [0.2, 0.25) is 17.7 Å². The average Bonchev–Trinajstić information content (AvgIpc) is 3.35. The predicted octanol–water partition coefficient (Wildman–Crippen LogP) is 2.14. The van der Waals surface area contributed by atoms with Crippen molar-refractivity contribution < 1.29 is 19.1 Å². The quantitative estimate of drug-likeness (QED) is 0.506. The van der Waals surface area contributed by atoms with Crippen molar-refractivity contribution in [2.45, 2.75) is 90.8 Å². The molecule has 0 saturated heterocycles. The van der Waals surface area contributed by atoms with E-state index in [1.54, 1.807) is 4.68 Å². The van der Waals surface area contributed by atoms with Crippen LogP contribution >= 0.6 is 0 Å². The molecule has 2 saturated carbocycles. The maximum atomic E-state index is 13.3. The largest absolute Gasteiger partial charge is 0.477 e. The first-order valence-electron chi connectivity index (χ1n) is 11.5. The molecule has 0 aromatic carbocycles. The van der Waals surface area contributed by atoms with E-state index in [0.29, 0.717) is 37.4 Å². The zero-order valence-electron chi connectivity index (χ0n) is 19.9. The number of hydrogen-bond acceptors (Lipinski definition) is 5. The van der Waals surface area contributed by atoms with Gasteiger partial charge in [0.25, 0.3) is 5.91 Å². The molecule has 3 amide bonds. The van der Waals surface area contributed by atoms with Gasteiger partial charge in [0.15, 0.2) is 0 Å². The van der Waals surface area contributed by atoms with Crippen LogP contribution in [-0.2, 0) is 16.1 Å². The zero-order chi connectivity index (χ0) is 23.7. The van der Waals surface area contributed by atoms with Gasteiger partial charge < -0.3 is 21.1 Å². The number of aryl methyl sites for hydroxylation is 1. The Bertz CT molecular complexity index is 881. The minimum absolute atomic E-state index is 0.0915. The van der Waals surface area contributed by atoms with Crippen molar-refractivity contribution >= 4 is 17.7 Å². The maximum absolute atomic E-state index is 13.3. The van der Waals surface area contributed by atoms with E-state index < -0.39 is 16.5 Å². The van der Waals surface area contributed by atoms with Crippen LogP contribution in [0.5, 0.6) is 5.88 Å². The second-order valence-corrected chi connectivity index (χ2v) is 10.7. The number of nitrogens with two attached hydrogens (primary N) is 1. The molecular formula is C23H37N5O4. The zero-order valence-corrected chi connectivity index (χ0v) is 19.9. The van der Waals surface area contributed by atoms with Gasteiger partial charge >= 0.3 is 0 Å². The molecule has 4 N–H and O–H groups in total. The van der Waals surface area contributed by atoms with Crippen molar-refractivity contribution in [2.75, 3.05) is 6.61 Å². The molecule has 0 unspecified atom stereocenters. The van der Waals surface area contributed by atoms with E-state index in [1.165, 1.54) is 13.1 Å². The van der Waals surface area contributed by atoms with Crippen LogP contribution in [0, 0.1) is 11.3 Å². The van der Waals surface area contributed by atoms with Crippen LogP contribution in [0.1, 0.15) is 83.5 Å². The van der Waals surface area contributed by atoms with Crippen LogP contribution in [0.2, 0.25) is 0 Å². The molecule has 1 aromatic rings. The topological polar surface area (TPSA) is 128 Å². The number of carbonyl (C=O) groups is 3. The number of nitrogens with one attached hydrogen (secondary N) is 2. The number of hydrogen-bond donors (Lipinski definition) is 3. The summed E-state index contributed by atoms with van der Waals surface area (Å²) < 4.78 is 7.70. The average molecular weight is 448 g/mol. The number of carbonyl (C=O) groups excluding carboxylic acids is 3. The van der Waals surface area contributed by atoms with Gasteiger partial charge in [0.1, 0.15) is 5.56 Å². The highest BCUT2D eigenvalue weighted by Gasteiger charge is 2.58. The third-order valence-corrected chi connectivity index (χ3v) is 6.79. The fraction of sp³-hybridized carbons (Fsp3) is 0.739. The van der Waals surface area contributed by atoms with Gasteiger partial charge in [0, 0.05) is 24.5 Å². The van der Waals surface area contributed by atoms with E-state index in [-0.39, 0.29) is 23.6 Å². The Morgan fingerprint density at radius 3 is 2.44 bits per heavy atom. The lowest BCUT2D eigenvalue weighted by molar-refractivity contribution is -0.127. The van der Waals surface area contributed by atoms with Crippen LogP contribution < -0.4 is 21.1 Å². The fourth-order valence-electron chi connectivity index (χ4n) is 5.03. The van der Waals surface area contributed by atoms with Gasteiger partial charge in [0.05, 0.1) is 18.2 Å². The van der Waals surface area contributed by atoms with Crippen LogP contribution in [0.25, 0.3) is 0 Å². The SMILES string of the molecule is CC(=O)NC(C)(C)CCn1ncc(C(=O)NC23CCC(C(N)=O)(CC2)C3)c1OCC(C)C. The van der Waals surface area contributed by atoms with E-state index >= 15 is 0 Å². The van der Waals surface area contributed by atoms with Crippen molar-refractivity contribution in [3.05, 3.63) is 11.8 Å². The Labute approximate surface area is 189 Å². The first kappa shape index (κ1) is 24.1. The Balaban J connectivity index is 1.76. The second-order valence-electron chi connectivity index (χ2n) is 10.7. The van der Waals surface area contributed by atoms with E-state index in [2.05, 4.69) is 15.7 Å². The Morgan fingerprint density at radius 2 is 1.91 bits per heavy atom. The number of nitrogens with zero attached hydrogens (tertiary/aromatic N) is 2. The van der Waals surface area contributed by atoms with Crippen LogP contribution in [0.15, 0.2) is 6.20 Å². The lowest BCUT2D eigenvalue weighted by Gasteiger charge is -2.28. The molecular weight excluding hydrogens is 410 g/mol. The fourth-order valence-corrected chi connectivity index (χ4v) is 5.03. The monoisotopic (exact) mass is 447 g/mol. The maximum Gasteiger partial charge on any atom is 0.258 e. The molecule has 178 valence electrons. The van der Waals surface area contributed by atoms with Gasteiger partial charge in [-0.15, -0.1) is 0 Å². The summed E-state index contributed by atoms with van der Waals surface area (Å²) in [6.45, 7) is 10.4. The summed E-state index contributed by atoms with van der Waals surface area (Å²) in [5, 5.41) is 10.5. The normalized spacial score (nSPS) is 24.6. The van der Waals surface area contributed by atoms with Gasteiger partial charge in [-0.2, -0.15) is 5.10 Å². The Hall–Kier alpha value is -2.58. The molecule has 0 spiro atoms. The van der Waals surface area contributed by atoms with E-state index in [9.17, 15) is 14.4 Å². The van der Waals surface area contributed by atoms with Crippen molar-refractivity contribution in [3.8, 4) is 5.88 Å². The highest BCUT2D eigenvalue weighted by molar-refractivity contribution is 5.97. The number of rotatable bonds is 10. The first-order valence-corrected chi connectivity index (χ1v) is 11.5. The number of amides is 3. The molecule has 0 aliphatic heterocycles. The summed E-state index contributed by atoms with van der Waals surface area (Å²) in [5.41, 5.74) is 4.75. The third-order valence-electron chi connectivity index (χ3n) is 6.79. The molecule has 32 heavy (non-hydrogen) atoms. The van der Waals surface area contributed by atoms with Crippen LogP contribution in [-0.4, -0.2) is 45.2 Å². The van der Waals surface area contributed by atoms with Gasteiger partial charge in [-0.05, 0) is 58.3 Å². The van der Waals surface area contributed by atoms with Crippen molar-refractivity contribution in [1.29, 1.82) is 0 Å². The van der Waals surface area contributed by atoms with E-state index in [0.717, 1.165) is 25.7 Å². The smallest absolute Gasteiger partial charge is 0.258 e. The lowest BCUT2D eigenvalue weighted by atomic mass is 9.83. The summed E-state index contributed by atoms with van der Waals surface area (Å²) in [6.07, 6.45) is 5.71. The lowest BCUT2D eigenvalue weighted by Crippen LogP contribution is -2.45. The van der Waals surface area contributed by atoms with E-state index in [4.69, 9.17) is 10.5 Å². The summed E-state index contributed by atoms with van der Waals surface area (Å²) in [4.78, 5) is 36.7. The predicted molar refractivity (Wildman–Crippen MR) is 120 cm³/mol. The highest BCUT2D eigenvalue weighted by Crippen LogP contribution is 2.56. The molecule has 3 rings (SSSR count). The molecule has 2 fully saturated rings. The van der Waals surface area contributed by atoms with Crippen LogP contribution in [0.3, 0.4) is 0 Å². The number of primary amides is 1. The molecule has 1 aromatic heterocycles. The van der Waals surface area contributed by atoms with Gasteiger partial charge in [-0.3, -0.25) is 14.4 Å². The third kappa shape index (κ3) is 5.07. The summed E-state index contributed by atoms with van der Waals surface area (Å²) in [6, 6.07) is 0. The van der Waals surface area contributed by atoms with Crippen molar-refractivity contribution in [3.63, 3.8) is 0 Å². The van der Waals surface area contributed by atoms with Crippen molar-refractivity contribution in [1.82, 2.24) is 20.4 Å². The second kappa shape index (κ2) is 8.75. The summed E-state index contributed by atoms with van der Waals surface area (Å²) in [5.74, 6) is 0.124. The standard InChI is InChI=1S/C23H37N5O4/c1-15(2)13-32-19-17(12-25-28(19)11-10-21(4,5)26-16(3)29)18(30)27-23-8-6-22(14-23,7-9-23)20(24)31/h12,15H,6-11,13-14H2,1-5H3,(H2,24,31)(H,26,29)(H,27,30). The van der Waals surface area contributed by atoms with Gasteiger partial charge in [-0.1, -0.05) is 13.8 Å². The Kier molecular flexibility index (Phi) is 6.58. The molecule has 9 nitrogen and oxygen atoms in total. The molecule has 0 radical (unpaired) electrons. The van der Waals surface area contributed by atoms with E-state index in [1.807, 2.05) is 27.7 Å². The summed E-state index contributed by atoms with van der Waals surface area (Å²) in [7, 11) is 0. The van der Waals surface area contributed by atoms with Crippen molar-refractivity contribution in [2.24, 2.45) is 17.1 Å². The molecule has 9 heteroatoms. The highest BCUT2D eigenvalue weighted by atomic mass is 16.5. The minimum atomic E-state index is -0.482. The number of aromatic nitrogens is 2. The summed E-state index contributed by atoms with van der Waals surface area (Å²) >= 11 is 0. The van der Waals surface area contributed by atoms with Gasteiger partial charge in [-0.25, -0.2) is 4.68 Å². The molecule has 2 aliphatic rings. The minimum Gasteiger partial charge on any atom is -0.477 e. The first-order chi connectivity index (χ1) is 14.9.